The van der Waals surface area contributed by atoms with Gasteiger partial charge in [0.1, 0.15) is 48.1 Å². The van der Waals surface area contributed by atoms with Crippen LogP contribution in [0.4, 0.5) is 5.82 Å². The van der Waals surface area contributed by atoms with Crippen LogP contribution in [0.25, 0.3) is 11.2 Å². The number of nitrogens with one attached hydrogen (secondary N) is 1. The Labute approximate surface area is 249 Å². The first-order valence-electron chi connectivity index (χ1n) is 14.5. The van der Waals surface area contributed by atoms with Crippen molar-refractivity contribution >= 4 is 30.7 Å². The van der Waals surface area contributed by atoms with Gasteiger partial charge in [0.15, 0.2) is 17.7 Å². The van der Waals surface area contributed by atoms with Crippen molar-refractivity contribution in [1.82, 2.24) is 24.6 Å². The molecule has 1 unspecified atom stereocenters. The normalized spacial score (nSPS) is 25.8. The Hall–Kier alpha value is -3.13. The number of fused-ring (bicyclic) bond motifs is 1. The molecule has 1 saturated heterocycles. The summed E-state index contributed by atoms with van der Waals surface area (Å²) in [5.41, 5.74) is 6.50. The van der Waals surface area contributed by atoms with E-state index >= 15 is 0 Å². The molecule has 7 atom stereocenters. The number of anilines is 1. The summed E-state index contributed by atoms with van der Waals surface area (Å²) in [4.78, 5) is 25.6. The van der Waals surface area contributed by atoms with E-state index in [-0.39, 0.29) is 23.6 Å². The van der Waals surface area contributed by atoms with E-state index in [1.165, 1.54) is 24.1 Å². The van der Waals surface area contributed by atoms with Gasteiger partial charge < -0.3 is 29.9 Å². The summed E-state index contributed by atoms with van der Waals surface area (Å²) in [5, 5.41) is 24.7. The van der Waals surface area contributed by atoms with Gasteiger partial charge >= 0.3 is 13.7 Å². The van der Waals surface area contributed by atoms with Gasteiger partial charge in [-0.1, -0.05) is 38.5 Å². The van der Waals surface area contributed by atoms with E-state index in [2.05, 4.69) is 20.0 Å². The molecule has 2 aliphatic rings. The predicted octanol–water partition coefficient (Wildman–Crippen LogP) is 3.11. The maximum absolute atomic E-state index is 14.4. The average Bonchev–Trinajstić information content (AvgIpc) is 3.54. The zero-order valence-corrected chi connectivity index (χ0v) is 25.2. The number of nitrogens with zero attached hydrogens (tertiary/aromatic N) is 4. The number of aliphatic hydroxyl groups excluding tert-OH is 2. The molecule has 1 aliphatic carbocycles. The lowest BCUT2D eigenvalue weighted by molar-refractivity contribution is -0.154. The lowest BCUT2D eigenvalue weighted by Crippen LogP contribution is -2.45. The smallest absolute Gasteiger partial charge is 0.459 e. The van der Waals surface area contributed by atoms with Crippen molar-refractivity contribution in [2.75, 3.05) is 5.73 Å². The number of carbonyl (C=O) groups is 1. The number of nitrogens with two attached hydrogens (primary N) is 1. The molecule has 5 rings (SSSR count). The minimum Gasteiger partial charge on any atom is -0.461 e. The number of rotatable bonds is 11. The van der Waals surface area contributed by atoms with Crippen LogP contribution in [0.5, 0.6) is 5.75 Å². The molecule has 5 N–H and O–H groups in total. The van der Waals surface area contributed by atoms with E-state index in [1.54, 1.807) is 44.2 Å². The van der Waals surface area contributed by atoms with Gasteiger partial charge in [0.25, 0.3) is 0 Å². The second kappa shape index (κ2) is 13.2. The van der Waals surface area contributed by atoms with Crippen LogP contribution in [0.15, 0.2) is 43.0 Å². The van der Waals surface area contributed by atoms with Crippen LogP contribution in [0.2, 0.25) is 0 Å². The third kappa shape index (κ3) is 7.00. The molecule has 234 valence electrons. The topological polar surface area (TPSA) is 193 Å². The molecule has 1 aliphatic heterocycles. The molecule has 1 saturated carbocycles. The summed E-state index contributed by atoms with van der Waals surface area (Å²) < 4.78 is 39.5. The van der Waals surface area contributed by atoms with Crippen molar-refractivity contribution in [2.24, 2.45) is 5.92 Å². The van der Waals surface area contributed by atoms with E-state index in [4.69, 9.17) is 24.3 Å². The highest BCUT2D eigenvalue weighted by Gasteiger charge is 2.49. The number of esters is 1. The van der Waals surface area contributed by atoms with Crippen molar-refractivity contribution < 1.29 is 38.1 Å². The standard InChI is InChI=1S/C28H39N6O8P/c1-16(2)20(28(37)39-18-10-6-4-7-11-18)33-43(38,42-19-12-8-5-9-13-19)41-17(3)24-22(35)23(36)27(40-24)34-15-32-21-25(29)30-14-31-26(21)34/h5,8-9,12-18,20,22-24,27,35-36H,4,6-7,10-11H2,1-3H3,(H,33,38)(H2,29,30,31)/t17-,20-,22-,23+,24+,27+,43?/m0/s1. The number of ether oxygens (including phenoxy) is 2. The number of aromatic nitrogens is 4. The van der Waals surface area contributed by atoms with Gasteiger partial charge in [0, 0.05) is 0 Å². The molecular formula is C28H39N6O8P. The average molecular weight is 619 g/mol. The van der Waals surface area contributed by atoms with E-state index in [0.717, 1.165) is 32.1 Å². The second-order valence-corrected chi connectivity index (χ2v) is 13.0. The summed E-state index contributed by atoms with van der Waals surface area (Å²) in [5.74, 6) is -0.486. The summed E-state index contributed by atoms with van der Waals surface area (Å²) in [6.45, 7) is 5.13. The van der Waals surface area contributed by atoms with Gasteiger partial charge in [-0.25, -0.2) is 19.5 Å². The van der Waals surface area contributed by atoms with Gasteiger partial charge in [-0.2, -0.15) is 5.09 Å². The second-order valence-electron chi connectivity index (χ2n) is 11.3. The highest BCUT2D eigenvalue weighted by molar-refractivity contribution is 7.52. The van der Waals surface area contributed by atoms with E-state index < -0.39 is 50.4 Å². The molecule has 3 heterocycles. The minimum absolute atomic E-state index is 0.150. The Balaban J connectivity index is 1.36. The van der Waals surface area contributed by atoms with Crippen LogP contribution < -0.4 is 15.3 Å². The van der Waals surface area contributed by atoms with Crippen molar-refractivity contribution in [2.45, 2.75) is 95.7 Å². The number of benzene rings is 1. The number of aliphatic hydroxyl groups is 2. The van der Waals surface area contributed by atoms with Crippen molar-refractivity contribution in [3.63, 3.8) is 0 Å². The molecule has 1 aromatic carbocycles. The van der Waals surface area contributed by atoms with Crippen LogP contribution >= 0.6 is 7.75 Å². The molecule has 15 heteroatoms. The van der Waals surface area contributed by atoms with Crippen LogP contribution in [-0.2, 0) is 23.4 Å². The molecule has 0 spiro atoms. The molecule has 0 radical (unpaired) electrons. The van der Waals surface area contributed by atoms with Crippen molar-refractivity contribution in [3.05, 3.63) is 43.0 Å². The largest absolute Gasteiger partial charge is 0.461 e. The van der Waals surface area contributed by atoms with Crippen LogP contribution in [-0.4, -0.2) is 72.3 Å². The zero-order chi connectivity index (χ0) is 30.7. The van der Waals surface area contributed by atoms with Crippen LogP contribution in [0.1, 0.15) is 59.1 Å². The lowest BCUT2D eigenvalue weighted by Gasteiger charge is -2.31. The fourth-order valence-corrected chi connectivity index (χ4v) is 7.26. The highest BCUT2D eigenvalue weighted by Crippen LogP contribution is 2.48. The number of para-hydroxylation sites is 1. The first-order chi connectivity index (χ1) is 20.6. The Morgan fingerprint density at radius 3 is 2.51 bits per heavy atom. The first-order valence-corrected chi connectivity index (χ1v) is 16.1. The maximum atomic E-state index is 14.4. The third-order valence-corrected chi connectivity index (χ3v) is 9.38. The Bertz CT molecular complexity index is 1440. The number of imidazole rings is 1. The number of hydrogen-bond donors (Lipinski definition) is 4. The fraction of sp³-hybridized carbons (Fsp3) is 0.571. The Morgan fingerprint density at radius 1 is 1.09 bits per heavy atom. The van der Waals surface area contributed by atoms with Gasteiger partial charge in [-0.15, -0.1) is 0 Å². The molecule has 2 fully saturated rings. The molecule has 43 heavy (non-hydrogen) atoms. The summed E-state index contributed by atoms with van der Waals surface area (Å²) in [6.07, 6.45) is 0.867. The van der Waals surface area contributed by atoms with Crippen molar-refractivity contribution in [1.29, 1.82) is 0 Å². The van der Waals surface area contributed by atoms with Gasteiger partial charge in [0.05, 0.1) is 12.4 Å². The molecule has 0 bridgehead atoms. The zero-order valence-electron chi connectivity index (χ0n) is 24.4. The van der Waals surface area contributed by atoms with E-state index in [0.29, 0.717) is 11.2 Å². The Morgan fingerprint density at radius 2 is 1.81 bits per heavy atom. The fourth-order valence-electron chi connectivity index (χ4n) is 5.40. The first kappa shape index (κ1) is 31.3. The predicted molar refractivity (Wildman–Crippen MR) is 156 cm³/mol. The quantitative estimate of drug-likeness (QED) is 0.181. The summed E-state index contributed by atoms with van der Waals surface area (Å²) in [6, 6.07) is 7.37. The summed E-state index contributed by atoms with van der Waals surface area (Å²) in [7, 11) is -4.32. The molecule has 14 nitrogen and oxygen atoms in total. The van der Waals surface area contributed by atoms with E-state index in [1.807, 2.05) is 0 Å². The number of carbonyl (C=O) groups excluding carboxylic acids is 1. The molecule has 3 aromatic rings. The van der Waals surface area contributed by atoms with Gasteiger partial charge in [0.2, 0.25) is 0 Å². The van der Waals surface area contributed by atoms with Crippen molar-refractivity contribution in [3.8, 4) is 5.75 Å². The Kier molecular flexibility index (Phi) is 9.64. The molecular weight excluding hydrogens is 579 g/mol. The number of hydrogen-bond acceptors (Lipinski definition) is 12. The highest BCUT2D eigenvalue weighted by atomic mass is 31.2. The molecule has 2 aromatic heterocycles. The summed E-state index contributed by atoms with van der Waals surface area (Å²) >= 11 is 0. The van der Waals surface area contributed by atoms with E-state index in [9.17, 15) is 19.6 Å². The van der Waals surface area contributed by atoms with Crippen LogP contribution in [0.3, 0.4) is 0 Å². The minimum atomic E-state index is -4.32. The maximum Gasteiger partial charge on any atom is 0.459 e. The number of nitrogen functional groups attached to an aromatic ring is 1. The lowest BCUT2D eigenvalue weighted by atomic mass is 9.97. The third-order valence-electron chi connectivity index (χ3n) is 7.73. The van der Waals surface area contributed by atoms with Gasteiger partial charge in [-0.3, -0.25) is 13.9 Å². The van der Waals surface area contributed by atoms with Crippen LogP contribution in [0, 0.1) is 5.92 Å². The van der Waals surface area contributed by atoms with Gasteiger partial charge in [-0.05, 0) is 50.7 Å². The monoisotopic (exact) mass is 618 g/mol. The SMILES string of the molecule is CC(C)[C@H](NP(=O)(Oc1ccccc1)O[C@@H](C)[C@H]1O[C@@H](n2cnc3c(N)ncnc32)[C@H](O)[C@@H]1O)C(=O)OC1CCCCC1. The molecule has 0 amide bonds.